The molecule has 1 aliphatic carbocycles. The zero-order chi connectivity index (χ0) is 21.9. The molecule has 1 N–H and O–H groups in total. The van der Waals surface area contributed by atoms with Crippen LogP contribution in [0, 0.1) is 5.82 Å². The van der Waals surface area contributed by atoms with Crippen LogP contribution in [0.25, 0.3) is 0 Å². The number of piperazine rings is 1. The monoisotopic (exact) mass is 439 g/mol. The topological polar surface area (TPSA) is 86.8 Å². The van der Waals surface area contributed by atoms with Crippen molar-refractivity contribution in [1.29, 1.82) is 0 Å². The molecule has 3 rings (SSSR count). The minimum atomic E-state index is -3.71. The Labute approximate surface area is 177 Å². The van der Waals surface area contributed by atoms with Crippen molar-refractivity contribution < 1.29 is 22.4 Å². The number of carbonyl (C=O) groups is 2. The maximum atomic E-state index is 14.6. The highest BCUT2D eigenvalue weighted by Gasteiger charge is 2.51. The molecular formula is C21H30FN3O4S. The second-order valence-electron chi connectivity index (χ2n) is 8.35. The van der Waals surface area contributed by atoms with Crippen molar-refractivity contribution in [3.05, 3.63) is 30.1 Å². The Kier molecular flexibility index (Phi) is 6.81. The van der Waals surface area contributed by atoms with E-state index in [9.17, 15) is 22.4 Å². The van der Waals surface area contributed by atoms with Gasteiger partial charge in [-0.2, -0.15) is 4.31 Å². The summed E-state index contributed by atoms with van der Waals surface area (Å²) in [5.74, 6) is -1.82. The van der Waals surface area contributed by atoms with E-state index in [1.807, 2.05) is 0 Å². The third-order valence-electron chi connectivity index (χ3n) is 5.92. The Morgan fingerprint density at radius 2 is 1.90 bits per heavy atom. The van der Waals surface area contributed by atoms with E-state index < -0.39 is 39.7 Å². The molecular weight excluding hydrogens is 409 g/mol. The molecule has 0 unspecified atom stereocenters. The fourth-order valence-corrected chi connectivity index (χ4v) is 5.87. The Morgan fingerprint density at radius 1 is 1.23 bits per heavy atom. The number of amides is 2. The van der Waals surface area contributed by atoms with Crippen LogP contribution in [-0.2, 0) is 19.6 Å². The van der Waals surface area contributed by atoms with Gasteiger partial charge >= 0.3 is 0 Å². The minimum Gasteiger partial charge on any atom is -0.351 e. The van der Waals surface area contributed by atoms with Crippen molar-refractivity contribution in [3.8, 4) is 0 Å². The fourth-order valence-electron chi connectivity index (χ4n) is 4.34. The second kappa shape index (κ2) is 9.01. The van der Waals surface area contributed by atoms with Gasteiger partial charge in [0.15, 0.2) is 0 Å². The number of para-hydroxylation sites is 1. The molecule has 1 atom stereocenters. The quantitative estimate of drug-likeness (QED) is 0.738. The summed E-state index contributed by atoms with van der Waals surface area (Å²) in [4.78, 5) is 27.6. The van der Waals surface area contributed by atoms with Gasteiger partial charge in [-0.05, 0) is 38.3 Å². The van der Waals surface area contributed by atoms with Crippen LogP contribution in [0.5, 0.6) is 0 Å². The van der Waals surface area contributed by atoms with E-state index in [1.54, 1.807) is 13.0 Å². The van der Waals surface area contributed by atoms with Crippen molar-refractivity contribution in [2.24, 2.45) is 0 Å². The average Bonchev–Trinajstić information content (AvgIpc) is 2.69. The molecule has 1 heterocycles. The number of nitrogens with one attached hydrogen (secondary N) is 1. The Hall–Kier alpha value is -2.00. The predicted molar refractivity (Wildman–Crippen MR) is 113 cm³/mol. The van der Waals surface area contributed by atoms with Crippen molar-refractivity contribution >= 4 is 27.5 Å². The van der Waals surface area contributed by atoms with E-state index in [0.717, 1.165) is 41.3 Å². The van der Waals surface area contributed by atoms with Gasteiger partial charge in [-0.3, -0.25) is 14.5 Å². The summed E-state index contributed by atoms with van der Waals surface area (Å²) in [7, 11) is -3.71. The van der Waals surface area contributed by atoms with Gasteiger partial charge < -0.3 is 5.32 Å². The number of rotatable bonds is 6. The van der Waals surface area contributed by atoms with Crippen molar-refractivity contribution in [3.63, 3.8) is 0 Å². The molecule has 30 heavy (non-hydrogen) atoms. The van der Waals surface area contributed by atoms with Gasteiger partial charge in [0.25, 0.3) is 0 Å². The lowest BCUT2D eigenvalue weighted by Crippen LogP contribution is -2.71. The second-order valence-corrected chi connectivity index (χ2v) is 10.4. The molecule has 1 aliphatic heterocycles. The van der Waals surface area contributed by atoms with Gasteiger partial charge in [-0.1, -0.05) is 38.3 Å². The van der Waals surface area contributed by atoms with Crippen LogP contribution in [0.2, 0.25) is 0 Å². The molecule has 0 aromatic heterocycles. The molecule has 2 fully saturated rings. The number of benzene rings is 1. The van der Waals surface area contributed by atoms with Crippen LogP contribution in [0.15, 0.2) is 24.3 Å². The van der Waals surface area contributed by atoms with Crippen LogP contribution >= 0.6 is 0 Å². The number of halogens is 1. The van der Waals surface area contributed by atoms with Crippen LogP contribution in [-0.4, -0.2) is 55.0 Å². The van der Waals surface area contributed by atoms with Gasteiger partial charge in [-0.15, -0.1) is 0 Å². The third kappa shape index (κ3) is 4.51. The van der Waals surface area contributed by atoms with Crippen LogP contribution in [0.4, 0.5) is 10.1 Å². The molecule has 0 spiro atoms. The molecule has 0 bridgehead atoms. The number of hydrogen-bond acceptors (Lipinski definition) is 4. The highest BCUT2D eigenvalue weighted by Crippen LogP contribution is 2.33. The molecule has 7 nitrogen and oxygen atoms in total. The largest absolute Gasteiger partial charge is 0.351 e. The number of sulfonamides is 1. The summed E-state index contributed by atoms with van der Waals surface area (Å²) in [5, 5.41) is 3.00. The first-order valence-corrected chi connectivity index (χ1v) is 12.2. The summed E-state index contributed by atoms with van der Waals surface area (Å²) < 4.78 is 41.1. The van der Waals surface area contributed by atoms with E-state index in [4.69, 9.17) is 0 Å². The minimum absolute atomic E-state index is 0.0173. The van der Waals surface area contributed by atoms with Crippen molar-refractivity contribution in [1.82, 2.24) is 9.62 Å². The third-order valence-corrected chi connectivity index (χ3v) is 7.89. The van der Waals surface area contributed by atoms with Gasteiger partial charge in [0, 0.05) is 12.6 Å². The maximum absolute atomic E-state index is 14.6. The number of hydrogen-bond donors (Lipinski definition) is 1. The smallest absolute Gasteiger partial charge is 0.247 e. The molecule has 1 saturated carbocycles. The standard InChI is InChI=1S/C21H30FN3O4S/c1-3-13-30(28,29)24-14-19(26)25(18-12-8-7-11-17(18)22)21(2,15-24)20(27)23-16-9-5-4-6-10-16/h7-8,11-12,16H,3-6,9-10,13-15H2,1-2H3,(H,23,27)/t21-/m1/s1. The Balaban J connectivity index is 1.99. The van der Waals surface area contributed by atoms with E-state index >= 15 is 0 Å². The van der Waals surface area contributed by atoms with E-state index in [2.05, 4.69) is 5.32 Å². The lowest BCUT2D eigenvalue weighted by atomic mass is 9.91. The molecule has 1 saturated heterocycles. The first kappa shape index (κ1) is 22.7. The van der Waals surface area contributed by atoms with E-state index in [-0.39, 0.29) is 24.0 Å². The van der Waals surface area contributed by atoms with Crippen molar-refractivity contribution in [2.45, 2.75) is 64.0 Å². The Bertz CT molecular complexity index is 901. The predicted octanol–water partition coefficient (Wildman–Crippen LogP) is 2.42. The highest BCUT2D eigenvalue weighted by molar-refractivity contribution is 7.89. The maximum Gasteiger partial charge on any atom is 0.247 e. The Morgan fingerprint density at radius 3 is 2.53 bits per heavy atom. The van der Waals surface area contributed by atoms with E-state index in [1.165, 1.54) is 25.1 Å². The van der Waals surface area contributed by atoms with Crippen LogP contribution in [0.3, 0.4) is 0 Å². The SMILES string of the molecule is CCCS(=O)(=O)N1CC(=O)N(c2ccccc2F)[C@@](C)(C(=O)NC2CCCCC2)C1. The highest BCUT2D eigenvalue weighted by atomic mass is 32.2. The summed E-state index contributed by atoms with van der Waals surface area (Å²) in [6.45, 7) is 2.63. The lowest BCUT2D eigenvalue weighted by Gasteiger charge is -2.47. The molecule has 0 radical (unpaired) electrons. The van der Waals surface area contributed by atoms with Gasteiger partial charge in [-0.25, -0.2) is 12.8 Å². The first-order valence-electron chi connectivity index (χ1n) is 10.6. The van der Waals surface area contributed by atoms with E-state index in [0.29, 0.717) is 6.42 Å². The number of carbonyl (C=O) groups excluding carboxylic acids is 2. The molecule has 2 aliphatic rings. The van der Waals surface area contributed by atoms with Crippen molar-refractivity contribution in [2.75, 3.05) is 23.7 Å². The van der Waals surface area contributed by atoms with Gasteiger partial charge in [0.2, 0.25) is 21.8 Å². The molecule has 9 heteroatoms. The summed E-state index contributed by atoms with van der Waals surface area (Å²) in [5.41, 5.74) is -1.58. The van der Waals surface area contributed by atoms with Gasteiger partial charge in [0.05, 0.1) is 18.0 Å². The molecule has 1 aromatic rings. The normalized spacial score (nSPS) is 24.1. The van der Waals surface area contributed by atoms with Gasteiger partial charge in [0.1, 0.15) is 11.4 Å². The fraction of sp³-hybridized carbons (Fsp3) is 0.619. The molecule has 1 aromatic carbocycles. The lowest BCUT2D eigenvalue weighted by molar-refractivity contribution is -0.133. The summed E-state index contributed by atoms with van der Waals surface area (Å²) in [6, 6.07) is 5.73. The zero-order valence-corrected chi connectivity index (χ0v) is 18.4. The molecule has 166 valence electrons. The zero-order valence-electron chi connectivity index (χ0n) is 17.6. The summed E-state index contributed by atoms with van der Waals surface area (Å²) in [6.07, 6.45) is 5.21. The average molecular weight is 440 g/mol. The van der Waals surface area contributed by atoms with Crippen LogP contribution in [0.1, 0.15) is 52.4 Å². The van der Waals surface area contributed by atoms with Crippen LogP contribution < -0.4 is 10.2 Å². The number of nitrogens with zero attached hydrogens (tertiary/aromatic N) is 2. The number of anilines is 1. The summed E-state index contributed by atoms with van der Waals surface area (Å²) >= 11 is 0. The first-order chi connectivity index (χ1) is 14.2. The molecule has 2 amide bonds.